The number of alkyl halides is 1. The Hall–Kier alpha value is -3.21. The lowest BCUT2D eigenvalue weighted by Gasteiger charge is -2.25. The van der Waals surface area contributed by atoms with E-state index in [1.54, 1.807) is 17.1 Å². The zero-order valence-corrected chi connectivity index (χ0v) is 16.9. The summed E-state index contributed by atoms with van der Waals surface area (Å²) in [6, 6.07) is 9.62. The third kappa shape index (κ3) is 3.02. The van der Waals surface area contributed by atoms with Crippen molar-refractivity contribution < 1.29 is 19.3 Å². The highest BCUT2D eigenvalue weighted by Gasteiger charge is 2.55. The van der Waals surface area contributed by atoms with Crippen molar-refractivity contribution in [3.05, 3.63) is 54.7 Å². The molecule has 0 saturated carbocycles. The number of aryl methyl sites for hydroxylation is 1. The fourth-order valence-electron chi connectivity index (χ4n) is 4.05. The van der Waals surface area contributed by atoms with Crippen molar-refractivity contribution in [1.29, 1.82) is 0 Å². The fraction of sp³-hybridized carbons (Fsp3) is 0.333. The Bertz CT molecular complexity index is 1240. The molecule has 0 radical (unpaired) electrons. The molecule has 4 atom stereocenters. The predicted octanol–water partition coefficient (Wildman–Crippen LogP) is 1.97. The first kappa shape index (κ1) is 19.7. The summed E-state index contributed by atoms with van der Waals surface area (Å²) in [5, 5.41) is 28.9. The minimum atomic E-state index is -2.15. The van der Waals surface area contributed by atoms with Crippen molar-refractivity contribution in [2.45, 2.75) is 38.0 Å². The van der Waals surface area contributed by atoms with Crippen LogP contribution in [-0.2, 0) is 4.74 Å². The first-order valence-electron chi connectivity index (χ1n) is 9.85. The molecule has 4 heterocycles. The predicted molar refractivity (Wildman–Crippen MR) is 109 cm³/mol. The Kier molecular flexibility index (Phi) is 4.58. The first-order chi connectivity index (χ1) is 14.9. The average molecular weight is 424 g/mol. The van der Waals surface area contributed by atoms with E-state index in [0.717, 1.165) is 5.56 Å². The topological polar surface area (TPSA) is 111 Å². The molecule has 0 unspecified atom stereocenters. The van der Waals surface area contributed by atoms with E-state index < -0.39 is 30.7 Å². The Morgan fingerprint density at radius 3 is 2.68 bits per heavy atom. The van der Waals surface area contributed by atoms with Crippen molar-refractivity contribution in [2.75, 3.05) is 6.61 Å². The summed E-state index contributed by atoms with van der Waals surface area (Å²) in [4.78, 5) is 8.61. The summed E-state index contributed by atoms with van der Waals surface area (Å²) >= 11 is 0. The number of hydrogen-bond acceptors (Lipinski definition) is 7. The Balaban J connectivity index is 1.66. The quantitative estimate of drug-likeness (QED) is 0.515. The molecule has 1 fully saturated rings. The number of rotatable bonds is 4. The Morgan fingerprint density at radius 1 is 1.19 bits per heavy atom. The molecule has 2 N–H and O–H groups in total. The van der Waals surface area contributed by atoms with Crippen LogP contribution in [0.5, 0.6) is 0 Å². The molecule has 0 spiro atoms. The van der Waals surface area contributed by atoms with Crippen LogP contribution >= 0.6 is 0 Å². The van der Waals surface area contributed by atoms with E-state index in [1.165, 1.54) is 17.8 Å². The maximum atomic E-state index is 15.5. The summed E-state index contributed by atoms with van der Waals surface area (Å²) in [5.41, 5.74) is 1.15. The van der Waals surface area contributed by atoms with Gasteiger partial charge in [0.1, 0.15) is 29.9 Å². The maximum Gasteiger partial charge on any atom is 0.181 e. The highest BCUT2D eigenvalue weighted by atomic mass is 19.1. The molecule has 3 aromatic heterocycles. The van der Waals surface area contributed by atoms with E-state index in [-0.39, 0.29) is 0 Å². The number of aliphatic hydroxyl groups excluding tert-OH is 2. The van der Waals surface area contributed by atoms with Crippen LogP contribution in [0.2, 0.25) is 0 Å². The van der Waals surface area contributed by atoms with E-state index in [4.69, 9.17) is 4.74 Å². The molecule has 9 nitrogen and oxygen atoms in total. The van der Waals surface area contributed by atoms with Gasteiger partial charge in [-0.1, -0.05) is 35.5 Å². The van der Waals surface area contributed by atoms with E-state index in [9.17, 15) is 10.2 Å². The molecule has 0 bridgehead atoms. The van der Waals surface area contributed by atoms with Gasteiger partial charge in [0.2, 0.25) is 0 Å². The van der Waals surface area contributed by atoms with E-state index >= 15 is 4.39 Å². The lowest BCUT2D eigenvalue weighted by atomic mass is 9.98. The SMILES string of the molecule is Cc1ncnc2c1c(-n1cc(-c3ccccc3)nn1)cn2[C@@H]1O[C@H](CO)[C@@H](O)[C@@]1(C)F. The van der Waals surface area contributed by atoms with Crippen LogP contribution in [0.3, 0.4) is 0 Å². The first-order valence-corrected chi connectivity index (χ1v) is 9.85. The summed E-state index contributed by atoms with van der Waals surface area (Å²) in [6.07, 6.45) is 1.10. The molecule has 31 heavy (non-hydrogen) atoms. The van der Waals surface area contributed by atoms with Gasteiger partial charge in [-0.05, 0) is 13.8 Å². The number of hydrogen-bond donors (Lipinski definition) is 2. The molecule has 0 amide bonds. The van der Waals surface area contributed by atoms with E-state index in [1.807, 2.05) is 37.3 Å². The molecule has 1 aliphatic rings. The van der Waals surface area contributed by atoms with Crippen LogP contribution in [0.1, 0.15) is 18.8 Å². The molecular weight excluding hydrogens is 403 g/mol. The largest absolute Gasteiger partial charge is 0.394 e. The summed E-state index contributed by atoms with van der Waals surface area (Å²) < 4.78 is 24.3. The van der Waals surface area contributed by atoms with Crippen molar-refractivity contribution >= 4 is 11.0 Å². The van der Waals surface area contributed by atoms with Crippen LogP contribution < -0.4 is 0 Å². The number of fused-ring (bicyclic) bond motifs is 1. The zero-order chi connectivity index (χ0) is 21.8. The molecule has 160 valence electrons. The molecule has 10 heteroatoms. The van der Waals surface area contributed by atoms with Gasteiger partial charge in [0.25, 0.3) is 0 Å². The standard InChI is InChI=1S/C21H21FN6O3/c1-12-17-15(28-8-14(25-26-28)13-6-4-3-5-7-13)9-27(19(17)24-11-23-12)20-21(2,22)18(30)16(10-29)31-20/h3-9,11,16,18,20,29-30H,10H2,1-2H3/t16-,18-,20-,21-/m1/s1. The van der Waals surface area contributed by atoms with E-state index in [0.29, 0.717) is 28.1 Å². The molecular formula is C21H21FN6O3. The second kappa shape index (κ2) is 7.19. The summed E-state index contributed by atoms with van der Waals surface area (Å²) in [5.74, 6) is 0. The third-order valence-corrected chi connectivity index (χ3v) is 5.74. The summed E-state index contributed by atoms with van der Waals surface area (Å²) in [6.45, 7) is 2.57. The highest BCUT2D eigenvalue weighted by molar-refractivity contribution is 5.88. The molecule has 1 aliphatic heterocycles. The van der Waals surface area contributed by atoms with E-state index in [2.05, 4.69) is 20.3 Å². The van der Waals surface area contributed by atoms with Gasteiger partial charge < -0.3 is 19.5 Å². The number of benzene rings is 1. The number of nitrogens with zero attached hydrogens (tertiary/aromatic N) is 6. The van der Waals surface area contributed by atoms with Crippen LogP contribution in [0.4, 0.5) is 4.39 Å². The number of ether oxygens (including phenoxy) is 1. The van der Waals surface area contributed by atoms with Gasteiger partial charge in [0.05, 0.1) is 29.6 Å². The Labute approximate surface area is 176 Å². The fourth-order valence-corrected chi connectivity index (χ4v) is 4.05. The van der Waals surface area contributed by atoms with Gasteiger partial charge in [-0.3, -0.25) is 0 Å². The lowest BCUT2D eigenvalue weighted by Crippen LogP contribution is -2.40. The normalized spacial score (nSPS) is 26.0. The summed E-state index contributed by atoms with van der Waals surface area (Å²) in [7, 11) is 0. The van der Waals surface area contributed by atoms with Crippen LogP contribution in [-0.4, -0.2) is 64.2 Å². The van der Waals surface area contributed by atoms with Crippen LogP contribution in [0.25, 0.3) is 28.0 Å². The van der Waals surface area contributed by atoms with Crippen molar-refractivity contribution in [1.82, 2.24) is 29.5 Å². The van der Waals surface area contributed by atoms with Gasteiger partial charge in [-0.15, -0.1) is 5.10 Å². The highest BCUT2D eigenvalue weighted by Crippen LogP contribution is 2.43. The van der Waals surface area contributed by atoms with Crippen LogP contribution in [0.15, 0.2) is 49.1 Å². The molecule has 1 aromatic carbocycles. The monoisotopic (exact) mass is 424 g/mol. The minimum Gasteiger partial charge on any atom is -0.394 e. The van der Waals surface area contributed by atoms with Gasteiger partial charge >= 0.3 is 0 Å². The van der Waals surface area contributed by atoms with Crippen molar-refractivity contribution in [3.8, 4) is 16.9 Å². The van der Waals surface area contributed by atoms with Gasteiger partial charge in [0.15, 0.2) is 11.9 Å². The zero-order valence-electron chi connectivity index (χ0n) is 16.9. The number of aliphatic hydroxyl groups is 2. The second-order valence-electron chi connectivity index (χ2n) is 7.80. The van der Waals surface area contributed by atoms with Crippen molar-refractivity contribution in [3.63, 3.8) is 0 Å². The molecule has 5 rings (SSSR count). The second-order valence-corrected chi connectivity index (χ2v) is 7.80. The molecule has 0 aliphatic carbocycles. The van der Waals surface area contributed by atoms with Gasteiger partial charge in [-0.2, -0.15) is 0 Å². The van der Waals surface area contributed by atoms with Gasteiger partial charge in [0, 0.05) is 11.8 Å². The van der Waals surface area contributed by atoms with Crippen LogP contribution in [0, 0.1) is 6.92 Å². The molecule has 1 saturated heterocycles. The van der Waals surface area contributed by atoms with Gasteiger partial charge in [-0.25, -0.2) is 19.0 Å². The Morgan fingerprint density at radius 2 is 1.97 bits per heavy atom. The smallest absolute Gasteiger partial charge is 0.181 e. The van der Waals surface area contributed by atoms with Crippen molar-refractivity contribution in [2.24, 2.45) is 0 Å². The average Bonchev–Trinajstić information content (AvgIpc) is 3.45. The lowest BCUT2D eigenvalue weighted by molar-refractivity contribution is -0.0564. The molecule has 4 aromatic rings. The number of halogens is 1. The third-order valence-electron chi connectivity index (χ3n) is 5.74. The minimum absolute atomic E-state index is 0.430. The maximum absolute atomic E-state index is 15.5. The number of aromatic nitrogens is 6.